The van der Waals surface area contributed by atoms with Gasteiger partial charge in [0.25, 0.3) is 0 Å². The number of para-hydroxylation sites is 1. The number of hydrogen-bond donors (Lipinski definition) is 1. The summed E-state index contributed by atoms with van der Waals surface area (Å²) in [6.07, 6.45) is 19.2. The van der Waals surface area contributed by atoms with Crippen molar-refractivity contribution in [1.82, 2.24) is 0 Å². The number of anilines is 2. The molecule has 2 aliphatic rings. The first-order valence-corrected chi connectivity index (χ1v) is 20.2. The van der Waals surface area contributed by atoms with Crippen LogP contribution < -0.4 is 9.64 Å². The molecular formula is C54H46N2O3. The van der Waals surface area contributed by atoms with E-state index in [0.29, 0.717) is 6.42 Å². The van der Waals surface area contributed by atoms with Gasteiger partial charge in [-0.05, 0) is 101 Å². The van der Waals surface area contributed by atoms with E-state index in [2.05, 4.69) is 170 Å². The lowest BCUT2D eigenvalue weighted by Gasteiger charge is -2.41. The molecule has 8 rings (SSSR count). The lowest BCUT2D eigenvalue weighted by Crippen LogP contribution is -2.40. The van der Waals surface area contributed by atoms with E-state index in [9.17, 15) is 15.2 Å². The van der Waals surface area contributed by atoms with E-state index >= 15 is 0 Å². The van der Waals surface area contributed by atoms with Gasteiger partial charge in [-0.25, -0.2) is 0 Å². The molecule has 1 aliphatic heterocycles. The molecule has 1 aliphatic carbocycles. The topological polar surface area (TPSA) is 73.6 Å². The van der Waals surface area contributed by atoms with Crippen LogP contribution in [0.1, 0.15) is 42.0 Å². The van der Waals surface area contributed by atoms with Crippen LogP contribution in [0.5, 0.6) is 5.75 Å². The average molecular weight is 771 g/mol. The standard InChI is InChI=1S/C54H46N2O3/c1-3-44(30-23-38(2)40-26-24-39(25-27-40)35-43(37-55)53(57)58)54(45-15-7-4-8-16-45)34-33-42-36-51(49-21-13-14-22-50(49)52(42)59-54)41-28-31-48(32-29-41)56(46-17-9-5-10-18-46)47-19-11-6-12-20-47/h3-19,21-29,31-34,36,43-44,47H,1,20,30,35H2,2H3,(H,57,58)/b38-23+. The molecule has 0 amide bonds. The van der Waals surface area contributed by atoms with Gasteiger partial charge in [-0.15, -0.1) is 6.58 Å². The Balaban J connectivity index is 1.12. The van der Waals surface area contributed by atoms with Crippen LogP contribution in [0, 0.1) is 23.2 Å². The van der Waals surface area contributed by atoms with Gasteiger partial charge in [0.05, 0.1) is 12.1 Å². The number of ether oxygens (including phenoxy) is 1. The molecule has 1 N–H and O–H groups in total. The monoisotopic (exact) mass is 770 g/mol. The Morgan fingerprint density at radius 2 is 1.58 bits per heavy atom. The highest BCUT2D eigenvalue weighted by Gasteiger charge is 2.41. The van der Waals surface area contributed by atoms with Crippen molar-refractivity contribution in [2.45, 2.75) is 37.8 Å². The number of hydrogen-bond acceptors (Lipinski definition) is 4. The van der Waals surface area contributed by atoms with Crippen molar-refractivity contribution in [1.29, 1.82) is 5.26 Å². The Morgan fingerprint density at radius 1 is 0.898 bits per heavy atom. The zero-order valence-corrected chi connectivity index (χ0v) is 33.1. The first-order valence-electron chi connectivity index (χ1n) is 20.2. The summed E-state index contributed by atoms with van der Waals surface area (Å²) in [7, 11) is 0. The summed E-state index contributed by atoms with van der Waals surface area (Å²) in [5, 5.41) is 20.7. The van der Waals surface area contributed by atoms with Gasteiger partial charge in [0.2, 0.25) is 0 Å². The zero-order valence-electron chi connectivity index (χ0n) is 33.1. The van der Waals surface area contributed by atoms with Gasteiger partial charge in [0, 0.05) is 28.2 Å². The number of allylic oxidation sites excluding steroid dienone is 4. The molecule has 59 heavy (non-hydrogen) atoms. The number of carboxylic acids is 1. The third-order valence-corrected chi connectivity index (χ3v) is 11.6. The molecular weight excluding hydrogens is 725 g/mol. The van der Waals surface area contributed by atoms with E-state index < -0.39 is 17.5 Å². The second-order valence-corrected chi connectivity index (χ2v) is 15.2. The van der Waals surface area contributed by atoms with Crippen LogP contribution in [0.15, 0.2) is 189 Å². The maximum Gasteiger partial charge on any atom is 0.321 e. The average Bonchev–Trinajstić information content (AvgIpc) is 3.29. The van der Waals surface area contributed by atoms with E-state index in [4.69, 9.17) is 4.74 Å². The Hall–Kier alpha value is -7.16. The summed E-state index contributed by atoms with van der Waals surface area (Å²) < 4.78 is 7.37. The number of carboxylic acid groups (broad SMARTS) is 1. The number of benzene rings is 6. The van der Waals surface area contributed by atoms with Crippen LogP contribution in [-0.4, -0.2) is 17.1 Å². The van der Waals surface area contributed by atoms with E-state index in [0.717, 1.165) is 73.3 Å². The summed E-state index contributed by atoms with van der Waals surface area (Å²) in [6.45, 7) is 6.41. The Labute approximate surface area is 346 Å². The van der Waals surface area contributed by atoms with Gasteiger partial charge in [0.1, 0.15) is 11.7 Å². The fourth-order valence-electron chi connectivity index (χ4n) is 8.41. The highest BCUT2D eigenvalue weighted by molar-refractivity contribution is 6.03. The molecule has 0 radical (unpaired) electrons. The lowest BCUT2D eigenvalue weighted by molar-refractivity contribution is -0.139. The first kappa shape index (κ1) is 38.7. The molecule has 4 unspecified atom stereocenters. The smallest absolute Gasteiger partial charge is 0.321 e. The summed E-state index contributed by atoms with van der Waals surface area (Å²) >= 11 is 0. The second-order valence-electron chi connectivity index (χ2n) is 15.2. The molecule has 0 aromatic heterocycles. The Morgan fingerprint density at radius 3 is 2.24 bits per heavy atom. The quantitative estimate of drug-likeness (QED) is 0.118. The number of aliphatic carboxylic acids is 1. The number of fused-ring (bicyclic) bond motifs is 3. The molecule has 6 aromatic carbocycles. The lowest BCUT2D eigenvalue weighted by atomic mass is 9.76. The van der Waals surface area contributed by atoms with Crippen molar-refractivity contribution in [3.8, 4) is 22.9 Å². The molecule has 1 heterocycles. The van der Waals surface area contributed by atoms with E-state index in [1.165, 1.54) is 0 Å². The van der Waals surface area contributed by atoms with E-state index in [1.807, 2.05) is 42.5 Å². The van der Waals surface area contributed by atoms with Crippen molar-refractivity contribution in [3.63, 3.8) is 0 Å². The fourth-order valence-corrected chi connectivity index (χ4v) is 8.41. The van der Waals surface area contributed by atoms with Crippen LogP contribution in [0.3, 0.4) is 0 Å². The molecule has 5 heteroatoms. The maximum absolute atomic E-state index is 11.4. The second kappa shape index (κ2) is 17.1. The summed E-state index contributed by atoms with van der Waals surface area (Å²) in [4.78, 5) is 13.8. The predicted octanol–water partition coefficient (Wildman–Crippen LogP) is 12.9. The molecule has 0 saturated heterocycles. The molecule has 290 valence electrons. The first-order chi connectivity index (χ1) is 28.9. The number of nitriles is 1. The predicted molar refractivity (Wildman–Crippen MR) is 241 cm³/mol. The Bertz CT molecular complexity index is 2630. The molecule has 0 fully saturated rings. The summed E-state index contributed by atoms with van der Waals surface area (Å²) in [5.41, 5.74) is 8.76. The van der Waals surface area contributed by atoms with Crippen molar-refractivity contribution in [2.75, 3.05) is 4.90 Å². The molecule has 0 spiro atoms. The van der Waals surface area contributed by atoms with Crippen LogP contribution in [0.4, 0.5) is 11.4 Å². The van der Waals surface area contributed by atoms with E-state index in [-0.39, 0.29) is 18.4 Å². The van der Waals surface area contributed by atoms with Crippen molar-refractivity contribution < 1.29 is 14.6 Å². The molecule has 0 saturated carbocycles. The van der Waals surface area contributed by atoms with Crippen molar-refractivity contribution in [3.05, 3.63) is 211 Å². The molecule has 4 atom stereocenters. The van der Waals surface area contributed by atoms with Gasteiger partial charge in [-0.2, -0.15) is 5.26 Å². The number of carbonyl (C=O) groups is 1. The third-order valence-electron chi connectivity index (χ3n) is 11.6. The summed E-state index contributed by atoms with van der Waals surface area (Å²) in [5.74, 6) is -1.45. The minimum atomic E-state index is -1.10. The zero-order chi connectivity index (χ0) is 40.8. The van der Waals surface area contributed by atoms with Crippen LogP contribution >= 0.6 is 0 Å². The largest absolute Gasteiger partial charge is 0.480 e. The minimum absolute atomic E-state index is 0.122. The highest BCUT2D eigenvalue weighted by atomic mass is 16.5. The normalized spacial score (nSPS) is 18.0. The van der Waals surface area contributed by atoms with Gasteiger partial charge in [-0.1, -0.05) is 152 Å². The van der Waals surface area contributed by atoms with Gasteiger partial charge in [-0.3, -0.25) is 4.79 Å². The number of nitrogens with zero attached hydrogens (tertiary/aromatic N) is 2. The van der Waals surface area contributed by atoms with Crippen LogP contribution in [0.25, 0.3) is 33.5 Å². The van der Waals surface area contributed by atoms with Crippen LogP contribution in [-0.2, 0) is 16.8 Å². The van der Waals surface area contributed by atoms with Crippen molar-refractivity contribution >= 4 is 39.8 Å². The summed E-state index contributed by atoms with van der Waals surface area (Å²) in [6, 6.07) is 50.6. The van der Waals surface area contributed by atoms with Gasteiger partial charge >= 0.3 is 5.97 Å². The Kier molecular flexibility index (Phi) is 11.2. The minimum Gasteiger partial charge on any atom is -0.480 e. The number of rotatable bonds is 13. The molecule has 0 bridgehead atoms. The maximum atomic E-state index is 11.4. The fraction of sp³-hybridized carbons (Fsp3) is 0.148. The van der Waals surface area contributed by atoms with Crippen LogP contribution in [0.2, 0.25) is 0 Å². The molecule has 6 aromatic rings. The van der Waals surface area contributed by atoms with Gasteiger partial charge in [0.15, 0.2) is 5.60 Å². The van der Waals surface area contributed by atoms with E-state index in [1.54, 1.807) is 0 Å². The highest BCUT2D eigenvalue weighted by Crippen LogP contribution is 2.49. The van der Waals surface area contributed by atoms with Crippen molar-refractivity contribution in [2.24, 2.45) is 11.8 Å². The van der Waals surface area contributed by atoms with Gasteiger partial charge < -0.3 is 14.7 Å². The SMILES string of the molecule is C=CC(C/C=C(\C)c1ccc(CC(C#N)C(=O)O)cc1)C1(c2ccccc2)C=Cc2cc(-c3ccc(N(c4ccccc4)C4C=CC=CC4)cc3)c3ccccc3c2O1. The third kappa shape index (κ3) is 7.91. The molecule has 5 nitrogen and oxygen atoms in total.